The van der Waals surface area contributed by atoms with Crippen LogP contribution in [0.3, 0.4) is 0 Å². The number of anilines is 1. The standard InChI is InChI=1S/C22H26ClF6N3O3/c1-13-12-34-5-4-32(13)18-6-17(23)3-2-14(18)7-30-8-15-10-31(11-16(15)9-30)20(33)35-21(26,19(24)25)22(27,28)29/h2-3,6,13,15-16,19H,4-5,7-12H2,1H3. The van der Waals surface area contributed by atoms with Gasteiger partial charge < -0.3 is 19.3 Å². The number of nitrogens with zero attached hydrogens (tertiary/aromatic N) is 3. The van der Waals surface area contributed by atoms with E-state index >= 15 is 0 Å². The van der Waals surface area contributed by atoms with Crippen molar-refractivity contribution in [3.05, 3.63) is 28.8 Å². The van der Waals surface area contributed by atoms with Gasteiger partial charge >= 0.3 is 24.5 Å². The number of alkyl halides is 6. The Morgan fingerprint density at radius 2 is 1.83 bits per heavy atom. The van der Waals surface area contributed by atoms with E-state index in [9.17, 15) is 31.1 Å². The molecule has 0 radical (unpaired) electrons. The predicted molar refractivity (Wildman–Crippen MR) is 115 cm³/mol. The van der Waals surface area contributed by atoms with Gasteiger partial charge in [-0.2, -0.15) is 17.6 Å². The predicted octanol–water partition coefficient (Wildman–Crippen LogP) is 4.56. The number of halogens is 7. The molecule has 6 nitrogen and oxygen atoms in total. The van der Waals surface area contributed by atoms with Gasteiger partial charge in [0.1, 0.15) is 0 Å². The Balaban J connectivity index is 1.38. The van der Waals surface area contributed by atoms with E-state index in [4.69, 9.17) is 16.3 Å². The first-order valence-electron chi connectivity index (χ1n) is 11.3. The molecular formula is C22H26ClF6N3O3. The minimum absolute atomic E-state index is 0.00511. The lowest BCUT2D eigenvalue weighted by Gasteiger charge is -2.37. The lowest BCUT2D eigenvalue weighted by atomic mass is 10.0. The average Bonchev–Trinajstić information content (AvgIpc) is 3.33. The molecule has 3 fully saturated rings. The van der Waals surface area contributed by atoms with Gasteiger partial charge in [-0.15, -0.1) is 0 Å². The van der Waals surface area contributed by atoms with E-state index in [-0.39, 0.29) is 31.0 Å². The molecule has 0 spiro atoms. The number of benzene rings is 1. The van der Waals surface area contributed by atoms with Crippen molar-refractivity contribution in [2.75, 3.05) is 50.8 Å². The maximum Gasteiger partial charge on any atom is 0.466 e. The lowest BCUT2D eigenvalue weighted by molar-refractivity contribution is -0.351. The highest BCUT2D eigenvalue weighted by Gasteiger charge is 2.67. The SMILES string of the molecule is CC1COCCN1c1cc(Cl)ccc1CN1CC2CN(C(=O)OC(F)(C(F)F)C(F)(F)F)CC2C1. The van der Waals surface area contributed by atoms with Crippen LogP contribution in [0.15, 0.2) is 18.2 Å². The molecule has 3 aliphatic heterocycles. The van der Waals surface area contributed by atoms with Gasteiger partial charge in [0.05, 0.1) is 13.2 Å². The molecule has 3 heterocycles. The summed E-state index contributed by atoms with van der Waals surface area (Å²) in [6, 6.07) is 5.86. The number of amides is 1. The Morgan fingerprint density at radius 3 is 2.40 bits per heavy atom. The maximum absolute atomic E-state index is 13.8. The normalized spacial score (nSPS) is 27.3. The number of carbonyl (C=O) groups is 1. The summed E-state index contributed by atoms with van der Waals surface area (Å²) in [5, 5.41) is 0.612. The van der Waals surface area contributed by atoms with E-state index in [1.165, 1.54) is 0 Å². The highest BCUT2D eigenvalue weighted by molar-refractivity contribution is 6.30. The second kappa shape index (κ2) is 9.85. The fourth-order valence-corrected chi connectivity index (χ4v) is 5.22. The van der Waals surface area contributed by atoms with E-state index in [1.807, 2.05) is 18.2 Å². The highest BCUT2D eigenvalue weighted by atomic mass is 35.5. The molecule has 4 unspecified atom stereocenters. The van der Waals surface area contributed by atoms with E-state index < -0.39 is 24.5 Å². The number of hydrogen-bond donors (Lipinski definition) is 0. The number of likely N-dealkylation sites (tertiary alicyclic amines) is 2. The fraction of sp³-hybridized carbons (Fsp3) is 0.682. The Kier molecular flexibility index (Phi) is 7.36. The Hall–Kier alpha value is -1.92. The third-order valence-corrected chi connectivity index (χ3v) is 7.08. The van der Waals surface area contributed by atoms with Crippen LogP contribution < -0.4 is 4.90 Å². The van der Waals surface area contributed by atoms with Crippen LogP contribution in [0.2, 0.25) is 5.02 Å². The van der Waals surface area contributed by atoms with Crippen molar-refractivity contribution in [2.45, 2.75) is 38.0 Å². The van der Waals surface area contributed by atoms with Crippen molar-refractivity contribution in [1.29, 1.82) is 0 Å². The molecular weight excluding hydrogens is 504 g/mol. The summed E-state index contributed by atoms with van der Waals surface area (Å²) < 4.78 is 86.6. The summed E-state index contributed by atoms with van der Waals surface area (Å²) in [6.07, 6.45) is -12.3. The second-order valence-corrected chi connectivity index (χ2v) is 9.76. The zero-order valence-corrected chi connectivity index (χ0v) is 19.7. The summed E-state index contributed by atoms with van der Waals surface area (Å²) >= 11 is 6.25. The molecule has 1 amide bonds. The molecule has 196 valence electrons. The Bertz CT molecular complexity index is 924. The maximum atomic E-state index is 13.8. The van der Waals surface area contributed by atoms with Gasteiger partial charge in [-0.3, -0.25) is 4.90 Å². The van der Waals surface area contributed by atoms with Crippen LogP contribution in [0.5, 0.6) is 0 Å². The van der Waals surface area contributed by atoms with E-state index in [1.54, 1.807) is 0 Å². The van der Waals surface area contributed by atoms with Crippen LogP contribution >= 0.6 is 11.6 Å². The highest BCUT2D eigenvalue weighted by Crippen LogP contribution is 2.41. The molecule has 1 aromatic carbocycles. The summed E-state index contributed by atoms with van der Waals surface area (Å²) in [7, 11) is 0. The van der Waals surface area contributed by atoms with E-state index in [0.29, 0.717) is 37.9 Å². The third kappa shape index (κ3) is 5.29. The monoisotopic (exact) mass is 529 g/mol. The van der Waals surface area contributed by atoms with Crippen LogP contribution in [0.25, 0.3) is 0 Å². The topological polar surface area (TPSA) is 45.2 Å². The number of hydrogen-bond acceptors (Lipinski definition) is 5. The largest absolute Gasteiger partial charge is 0.466 e. The van der Waals surface area contributed by atoms with Crippen molar-refractivity contribution in [1.82, 2.24) is 9.80 Å². The van der Waals surface area contributed by atoms with Gasteiger partial charge in [-0.1, -0.05) is 17.7 Å². The van der Waals surface area contributed by atoms with Gasteiger partial charge in [-0.05, 0) is 36.5 Å². The molecule has 4 atom stereocenters. The van der Waals surface area contributed by atoms with Gasteiger partial charge in [0, 0.05) is 56.0 Å². The van der Waals surface area contributed by atoms with Crippen LogP contribution in [0.1, 0.15) is 12.5 Å². The zero-order chi connectivity index (χ0) is 25.5. The molecule has 35 heavy (non-hydrogen) atoms. The van der Waals surface area contributed by atoms with Crippen LogP contribution in [-0.4, -0.2) is 86.3 Å². The first-order chi connectivity index (χ1) is 16.4. The summed E-state index contributed by atoms with van der Waals surface area (Å²) in [5.41, 5.74) is 2.07. The molecule has 1 aromatic rings. The Labute approximate surface area is 203 Å². The molecule has 3 saturated heterocycles. The number of fused-ring (bicyclic) bond motifs is 1. The molecule has 0 aliphatic carbocycles. The smallest absolute Gasteiger partial charge is 0.398 e. The van der Waals surface area contributed by atoms with Gasteiger partial charge in [0.15, 0.2) is 0 Å². The summed E-state index contributed by atoms with van der Waals surface area (Å²) in [4.78, 5) is 17.4. The first-order valence-corrected chi connectivity index (χ1v) is 11.6. The first kappa shape index (κ1) is 26.2. The Morgan fingerprint density at radius 1 is 1.17 bits per heavy atom. The lowest BCUT2D eigenvalue weighted by Crippen LogP contribution is -2.53. The number of morpholine rings is 1. The van der Waals surface area contributed by atoms with Gasteiger partial charge in [0.2, 0.25) is 0 Å². The zero-order valence-electron chi connectivity index (χ0n) is 18.9. The van der Waals surface area contributed by atoms with Crippen LogP contribution in [0, 0.1) is 11.8 Å². The third-order valence-electron chi connectivity index (χ3n) is 6.84. The quantitative estimate of drug-likeness (QED) is 0.524. The van der Waals surface area contributed by atoms with Crippen LogP contribution in [-0.2, 0) is 16.0 Å². The molecule has 0 N–H and O–H groups in total. The van der Waals surface area contributed by atoms with Crippen molar-refractivity contribution in [3.63, 3.8) is 0 Å². The molecule has 0 aromatic heterocycles. The minimum Gasteiger partial charge on any atom is -0.398 e. The fourth-order valence-electron chi connectivity index (χ4n) is 5.05. The molecule has 13 heteroatoms. The van der Waals surface area contributed by atoms with Crippen molar-refractivity contribution < 1.29 is 40.6 Å². The summed E-state index contributed by atoms with van der Waals surface area (Å²) in [6.45, 7) is 5.70. The molecule has 4 rings (SSSR count). The van der Waals surface area contributed by atoms with Crippen LogP contribution in [0.4, 0.5) is 36.8 Å². The molecule has 0 bridgehead atoms. The van der Waals surface area contributed by atoms with Gasteiger partial charge in [-0.25, -0.2) is 13.6 Å². The van der Waals surface area contributed by atoms with Crippen molar-refractivity contribution >= 4 is 23.4 Å². The minimum atomic E-state index is -6.04. The average molecular weight is 530 g/mol. The number of carbonyl (C=O) groups excluding carboxylic acids is 1. The van der Waals surface area contributed by atoms with Crippen molar-refractivity contribution in [3.8, 4) is 0 Å². The van der Waals surface area contributed by atoms with E-state index in [0.717, 1.165) is 22.7 Å². The van der Waals surface area contributed by atoms with Crippen molar-refractivity contribution in [2.24, 2.45) is 11.8 Å². The molecule has 3 aliphatic rings. The summed E-state index contributed by atoms with van der Waals surface area (Å²) in [5.74, 6) is -5.52. The van der Waals surface area contributed by atoms with E-state index in [2.05, 4.69) is 21.5 Å². The van der Waals surface area contributed by atoms with Gasteiger partial charge in [0.25, 0.3) is 0 Å². The second-order valence-electron chi connectivity index (χ2n) is 9.32. The number of ether oxygens (including phenoxy) is 2. The molecule has 0 saturated carbocycles. The number of rotatable bonds is 5.